The molecular formula is C25H29N5OS. The summed E-state index contributed by atoms with van der Waals surface area (Å²) in [6.45, 7) is 7.18. The monoisotopic (exact) mass is 447 g/mol. The molecule has 0 bridgehead atoms. The first-order valence-corrected chi connectivity index (χ1v) is 12.0. The van der Waals surface area contributed by atoms with Crippen LogP contribution < -0.4 is 0 Å². The first-order valence-electron chi connectivity index (χ1n) is 11.2. The maximum absolute atomic E-state index is 13.0. The van der Waals surface area contributed by atoms with Crippen LogP contribution in [0.15, 0.2) is 42.6 Å². The topological polar surface area (TPSA) is 54.3 Å². The summed E-state index contributed by atoms with van der Waals surface area (Å²) < 4.78 is 2.35. The number of likely N-dealkylation sites (tertiary alicyclic amines) is 1. The molecule has 3 aromatic heterocycles. The molecule has 32 heavy (non-hydrogen) atoms. The van der Waals surface area contributed by atoms with Crippen molar-refractivity contribution in [1.29, 1.82) is 0 Å². The highest BCUT2D eigenvalue weighted by Crippen LogP contribution is 2.40. The van der Waals surface area contributed by atoms with Crippen LogP contribution in [-0.2, 0) is 6.54 Å². The van der Waals surface area contributed by atoms with E-state index < -0.39 is 0 Å². The number of nitrogens with zero attached hydrogens (tertiary/aromatic N) is 5. The molecule has 0 aliphatic carbocycles. The molecule has 1 aliphatic rings. The summed E-state index contributed by atoms with van der Waals surface area (Å²) >= 11 is 1.52. The third-order valence-electron chi connectivity index (χ3n) is 6.34. The van der Waals surface area contributed by atoms with E-state index in [4.69, 9.17) is 4.98 Å². The zero-order valence-electron chi connectivity index (χ0n) is 19.1. The van der Waals surface area contributed by atoms with Crippen molar-refractivity contribution in [3.05, 3.63) is 58.9 Å². The molecule has 1 aliphatic heterocycles. The Morgan fingerprint density at radius 3 is 2.81 bits per heavy atom. The second kappa shape index (κ2) is 8.30. The number of carbonyl (C=O) groups excluding carboxylic acids is 1. The van der Waals surface area contributed by atoms with Gasteiger partial charge in [0.05, 0.1) is 22.5 Å². The Hall–Kier alpha value is -2.77. The Kier molecular flexibility index (Phi) is 5.47. The average Bonchev–Trinajstić information content (AvgIpc) is 3.47. The molecule has 166 valence electrons. The molecule has 0 spiro atoms. The molecule has 4 heterocycles. The van der Waals surface area contributed by atoms with Gasteiger partial charge in [-0.15, -0.1) is 11.3 Å². The molecule has 1 fully saturated rings. The van der Waals surface area contributed by atoms with Gasteiger partial charge in [0.2, 0.25) is 0 Å². The average molecular weight is 448 g/mol. The molecule has 0 N–H and O–H groups in total. The van der Waals surface area contributed by atoms with Crippen LogP contribution in [0.2, 0.25) is 0 Å². The molecule has 6 nitrogen and oxygen atoms in total. The van der Waals surface area contributed by atoms with Crippen LogP contribution in [0, 0.1) is 0 Å². The number of fused-ring (bicyclic) bond motifs is 2. The van der Waals surface area contributed by atoms with Crippen LogP contribution in [0.4, 0.5) is 0 Å². The molecule has 7 heteroatoms. The number of imidazole rings is 1. The predicted molar refractivity (Wildman–Crippen MR) is 130 cm³/mol. The highest BCUT2D eigenvalue weighted by molar-refractivity contribution is 7.20. The largest absolute Gasteiger partial charge is 0.344 e. The van der Waals surface area contributed by atoms with E-state index in [-0.39, 0.29) is 5.91 Å². The fourth-order valence-corrected chi connectivity index (χ4v) is 6.16. The third kappa shape index (κ3) is 3.59. The quantitative estimate of drug-likeness (QED) is 0.436. The lowest BCUT2D eigenvalue weighted by Gasteiger charge is -2.19. The van der Waals surface area contributed by atoms with Crippen molar-refractivity contribution >= 4 is 38.5 Å². The molecule has 0 unspecified atom stereocenters. The maximum Gasteiger partial charge on any atom is 0.263 e. The second-order valence-corrected chi connectivity index (χ2v) is 10.1. The lowest BCUT2D eigenvalue weighted by Crippen LogP contribution is -2.24. The molecule has 1 saturated heterocycles. The fraction of sp³-hybridized carbons (Fsp3) is 0.400. The van der Waals surface area contributed by atoms with Crippen molar-refractivity contribution in [3.63, 3.8) is 0 Å². The number of carbonyl (C=O) groups is 1. The maximum atomic E-state index is 13.0. The Balaban J connectivity index is 1.46. The molecule has 1 amide bonds. The number of amides is 1. The molecule has 5 rings (SSSR count). The van der Waals surface area contributed by atoms with E-state index in [9.17, 15) is 4.79 Å². The number of thiophene rings is 1. The van der Waals surface area contributed by atoms with Gasteiger partial charge in [-0.3, -0.25) is 9.69 Å². The van der Waals surface area contributed by atoms with Crippen molar-refractivity contribution in [3.8, 4) is 0 Å². The summed E-state index contributed by atoms with van der Waals surface area (Å²) in [6, 6.07) is 12.8. The Labute approximate surface area is 192 Å². The van der Waals surface area contributed by atoms with Gasteiger partial charge in [-0.05, 0) is 50.6 Å². The number of hydrogen-bond acceptors (Lipinski definition) is 5. The van der Waals surface area contributed by atoms with Gasteiger partial charge in [0.25, 0.3) is 5.91 Å². The summed E-state index contributed by atoms with van der Waals surface area (Å²) in [6.07, 6.45) is 2.85. The molecule has 1 aromatic carbocycles. The third-order valence-corrected chi connectivity index (χ3v) is 7.45. The van der Waals surface area contributed by atoms with E-state index in [2.05, 4.69) is 58.6 Å². The predicted octanol–water partition coefficient (Wildman–Crippen LogP) is 4.92. The molecule has 0 saturated carbocycles. The summed E-state index contributed by atoms with van der Waals surface area (Å²) in [5, 5.41) is 1.13. The Morgan fingerprint density at radius 1 is 1.22 bits per heavy atom. The van der Waals surface area contributed by atoms with E-state index in [1.807, 2.05) is 26.4 Å². The summed E-state index contributed by atoms with van der Waals surface area (Å²) in [4.78, 5) is 28.4. The minimum absolute atomic E-state index is 0.0723. The zero-order chi connectivity index (χ0) is 22.4. The summed E-state index contributed by atoms with van der Waals surface area (Å²) in [5.41, 5.74) is 3.43. The first-order chi connectivity index (χ1) is 15.4. The lowest BCUT2D eigenvalue weighted by molar-refractivity contribution is 0.0831. The number of para-hydroxylation sites is 2. The van der Waals surface area contributed by atoms with Gasteiger partial charge in [0.1, 0.15) is 10.7 Å². The summed E-state index contributed by atoms with van der Waals surface area (Å²) in [5.74, 6) is 1.51. The smallest absolute Gasteiger partial charge is 0.263 e. The van der Waals surface area contributed by atoms with E-state index >= 15 is 0 Å². The van der Waals surface area contributed by atoms with Crippen LogP contribution in [-0.4, -0.2) is 57.4 Å². The molecular weight excluding hydrogens is 418 g/mol. The van der Waals surface area contributed by atoms with E-state index in [1.165, 1.54) is 22.4 Å². The number of benzene rings is 1. The van der Waals surface area contributed by atoms with Crippen LogP contribution in [0.1, 0.15) is 53.3 Å². The normalized spacial score (nSPS) is 17.1. The number of rotatable bonds is 5. The van der Waals surface area contributed by atoms with Gasteiger partial charge < -0.3 is 9.47 Å². The zero-order valence-corrected chi connectivity index (χ0v) is 19.9. The lowest BCUT2D eigenvalue weighted by atomic mass is 9.95. The van der Waals surface area contributed by atoms with Crippen molar-refractivity contribution in [2.24, 2.45) is 0 Å². The standard InChI is InChI=1S/C25H29N5OS/c1-16(2)30-20-10-6-5-9-19(20)27-21(30)15-29-13-11-17(14-29)22-18-8-7-12-26-24(18)32-23(22)25(31)28(3)4/h5-10,12,16-17H,11,13-15H2,1-4H3/t17-/m0/s1. The highest BCUT2D eigenvalue weighted by Gasteiger charge is 2.32. The van der Waals surface area contributed by atoms with Crippen LogP contribution in [0.5, 0.6) is 0 Å². The molecule has 1 atom stereocenters. The van der Waals surface area contributed by atoms with Gasteiger partial charge in [0.15, 0.2) is 0 Å². The first kappa shape index (κ1) is 21.1. The van der Waals surface area contributed by atoms with Crippen LogP contribution in [0.3, 0.4) is 0 Å². The molecule has 0 radical (unpaired) electrons. The van der Waals surface area contributed by atoms with Gasteiger partial charge in [0, 0.05) is 44.2 Å². The Bertz CT molecular complexity index is 1290. The van der Waals surface area contributed by atoms with Crippen molar-refractivity contribution < 1.29 is 4.79 Å². The molecule has 4 aromatic rings. The number of hydrogen-bond donors (Lipinski definition) is 0. The Morgan fingerprint density at radius 2 is 2.03 bits per heavy atom. The van der Waals surface area contributed by atoms with Gasteiger partial charge >= 0.3 is 0 Å². The fourth-order valence-electron chi connectivity index (χ4n) is 4.91. The van der Waals surface area contributed by atoms with Gasteiger partial charge in [-0.1, -0.05) is 18.2 Å². The van der Waals surface area contributed by atoms with E-state index in [0.29, 0.717) is 12.0 Å². The van der Waals surface area contributed by atoms with Crippen molar-refractivity contribution in [1.82, 2.24) is 24.3 Å². The van der Waals surface area contributed by atoms with E-state index in [0.717, 1.165) is 52.5 Å². The minimum Gasteiger partial charge on any atom is -0.344 e. The summed E-state index contributed by atoms with van der Waals surface area (Å²) in [7, 11) is 3.64. The highest BCUT2D eigenvalue weighted by atomic mass is 32.1. The van der Waals surface area contributed by atoms with E-state index in [1.54, 1.807) is 4.90 Å². The van der Waals surface area contributed by atoms with Gasteiger partial charge in [-0.2, -0.15) is 0 Å². The van der Waals surface area contributed by atoms with Crippen molar-refractivity contribution in [2.45, 2.75) is 38.8 Å². The SMILES string of the molecule is CC(C)n1c(CN2CC[C@H](c3c(C(=O)N(C)C)sc4ncccc34)C2)nc2ccccc21. The van der Waals surface area contributed by atoms with Gasteiger partial charge in [-0.25, -0.2) is 9.97 Å². The number of aromatic nitrogens is 3. The van der Waals surface area contributed by atoms with Crippen LogP contribution in [0.25, 0.3) is 21.3 Å². The second-order valence-electron chi connectivity index (χ2n) is 9.10. The van der Waals surface area contributed by atoms with Crippen molar-refractivity contribution in [2.75, 3.05) is 27.2 Å². The number of pyridine rings is 1. The minimum atomic E-state index is 0.0723. The van der Waals surface area contributed by atoms with Crippen LogP contribution >= 0.6 is 11.3 Å².